The van der Waals surface area contributed by atoms with Crippen LogP contribution in [0.1, 0.15) is 44.9 Å². The van der Waals surface area contributed by atoms with Crippen LogP contribution in [0.2, 0.25) is 0 Å². The van der Waals surface area contributed by atoms with Crippen LogP contribution in [0.25, 0.3) is 0 Å². The summed E-state index contributed by atoms with van der Waals surface area (Å²) in [7, 11) is 5.81. The van der Waals surface area contributed by atoms with E-state index in [1.165, 1.54) is 4.90 Å². The molecule has 2 saturated carbocycles. The second kappa shape index (κ2) is 10.9. The van der Waals surface area contributed by atoms with Crippen molar-refractivity contribution in [2.75, 3.05) is 60.5 Å². The average Bonchev–Trinajstić information content (AvgIpc) is 3.43. The molecule has 8 nitrogen and oxygen atoms in total. The van der Waals surface area contributed by atoms with Crippen molar-refractivity contribution in [3.63, 3.8) is 0 Å². The van der Waals surface area contributed by atoms with Gasteiger partial charge in [0.05, 0.1) is 19.1 Å². The van der Waals surface area contributed by atoms with E-state index in [2.05, 4.69) is 10.6 Å². The third-order valence-corrected chi connectivity index (χ3v) is 6.49. The van der Waals surface area contributed by atoms with Crippen molar-refractivity contribution in [1.29, 1.82) is 0 Å². The summed E-state index contributed by atoms with van der Waals surface area (Å²) in [5.74, 6) is 0.134. The third-order valence-electron chi connectivity index (χ3n) is 6.49. The van der Waals surface area contributed by atoms with Crippen LogP contribution in [-0.4, -0.2) is 88.1 Å². The molecule has 3 fully saturated rings. The van der Waals surface area contributed by atoms with Crippen LogP contribution >= 0.6 is 0 Å². The van der Waals surface area contributed by atoms with E-state index in [0.717, 1.165) is 51.5 Å². The molecule has 1 aliphatic heterocycles. The summed E-state index contributed by atoms with van der Waals surface area (Å²) < 4.78 is 11.8. The van der Waals surface area contributed by atoms with Gasteiger partial charge in [0.15, 0.2) is 5.79 Å². The fourth-order valence-electron chi connectivity index (χ4n) is 4.72. The van der Waals surface area contributed by atoms with Crippen LogP contribution in [0, 0.1) is 17.8 Å². The number of ether oxygens (including phenoxy) is 2. The number of hydrogen-bond donors (Lipinski definition) is 2. The molecule has 0 aromatic heterocycles. The molecule has 2 N–H and O–H groups in total. The molecule has 3 amide bonds. The minimum absolute atomic E-state index is 0.0496. The van der Waals surface area contributed by atoms with Crippen LogP contribution in [-0.2, 0) is 14.3 Å². The Morgan fingerprint density at radius 1 is 1.13 bits per heavy atom. The molecule has 1 spiro atoms. The van der Waals surface area contributed by atoms with Gasteiger partial charge in [0, 0.05) is 39.0 Å². The third kappa shape index (κ3) is 6.64. The van der Waals surface area contributed by atoms with Crippen LogP contribution in [0.15, 0.2) is 0 Å². The molecule has 3 aliphatic rings. The van der Waals surface area contributed by atoms with Gasteiger partial charge in [-0.25, -0.2) is 4.79 Å². The number of carbonyl (C=O) groups is 2. The number of likely N-dealkylation sites (N-methyl/N-ethyl adjacent to an activating group) is 1. The molecule has 2 atom stereocenters. The molecule has 0 radical (unpaired) electrons. The van der Waals surface area contributed by atoms with E-state index in [1.54, 1.807) is 0 Å². The van der Waals surface area contributed by atoms with E-state index in [0.29, 0.717) is 44.7 Å². The first-order chi connectivity index (χ1) is 14.4. The summed E-state index contributed by atoms with van der Waals surface area (Å²) in [6.45, 7) is 3.73. The molecule has 30 heavy (non-hydrogen) atoms. The van der Waals surface area contributed by atoms with Gasteiger partial charge in [-0.1, -0.05) is 6.42 Å². The molecular formula is C22H40N4O4. The number of carbonyl (C=O) groups excluding carboxylic acids is 2. The Morgan fingerprint density at radius 3 is 2.50 bits per heavy atom. The van der Waals surface area contributed by atoms with Gasteiger partial charge < -0.3 is 25.0 Å². The first-order valence-corrected chi connectivity index (χ1v) is 11.6. The van der Waals surface area contributed by atoms with E-state index in [1.807, 2.05) is 26.0 Å². The van der Waals surface area contributed by atoms with Crippen LogP contribution in [0.3, 0.4) is 0 Å². The standard InChI is InChI=1S/C22H40N4O4/c1-23-15-19(13-18-5-4-8-22(14-18)29-11-12-30-22)20(27)26(16-17-6-7-17)21(28)24-9-10-25(2)3/h17-19,23H,4-16H2,1-3H3,(H,24,28). The highest BCUT2D eigenvalue weighted by molar-refractivity contribution is 5.95. The number of imide groups is 1. The summed E-state index contributed by atoms with van der Waals surface area (Å²) in [5.41, 5.74) is 0. The van der Waals surface area contributed by atoms with Gasteiger partial charge in [0.25, 0.3) is 0 Å². The highest BCUT2D eigenvalue weighted by Gasteiger charge is 2.43. The molecule has 1 heterocycles. The van der Waals surface area contributed by atoms with E-state index in [-0.39, 0.29) is 17.9 Å². The second-order valence-electron chi connectivity index (χ2n) is 9.49. The maximum Gasteiger partial charge on any atom is 0.324 e. The van der Waals surface area contributed by atoms with Crippen molar-refractivity contribution in [3.8, 4) is 0 Å². The van der Waals surface area contributed by atoms with Crippen molar-refractivity contribution < 1.29 is 19.1 Å². The largest absolute Gasteiger partial charge is 0.348 e. The Bertz CT molecular complexity index is 575. The van der Waals surface area contributed by atoms with Gasteiger partial charge in [-0.3, -0.25) is 9.69 Å². The average molecular weight is 425 g/mol. The quantitative estimate of drug-likeness (QED) is 0.555. The van der Waals surface area contributed by atoms with Crippen molar-refractivity contribution in [3.05, 3.63) is 0 Å². The lowest BCUT2D eigenvalue weighted by Gasteiger charge is -2.37. The van der Waals surface area contributed by atoms with Crippen LogP contribution in [0.4, 0.5) is 4.79 Å². The lowest BCUT2D eigenvalue weighted by molar-refractivity contribution is -0.188. The fourth-order valence-corrected chi connectivity index (χ4v) is 4.72. The van der Waals surface area contributed by atoms with Crippen LogP contribution in [0.5, 0.6) is 0 Å². The summed E-state index contributed by atoms with van der Waals surface area (Å²) in [6.07, 6.45) is 6.90. The number of urea groups is 1. The Kier molecular flexibility index (Phi) is 8.51. The van der Waals surface area contributed by atoms with Crippen molar-refractivity contribution >= 4 is 11.9 Å². The number of rotatable bonds is 10. The van der Waals surface area contributed by atoms with Gasteiger partial charge in [0.2, 0.25) is 5.91 Å². The second-order valence-corrected chi connectivity index (χ2v) is 9.49. The highest BCUT2D eigenvalue weighted by Crippen LogP contribution is 2.41. The van der Waals surface area contributed by atoms with E-state index in [9.17, 15) is 9.59 Å². The number of nitrogens with zero attached hydrogens (tertiary/aromatic N) is 2. The molecule has 8 heteroatoms. The lowest BCUT2D eigenvalue weighted by atomic mass is 9.79. The predicted octanol–water partition coefficient (Wildman–Crippen LogP) is 1.66. The zero-order valence-electron chi connectivity index (χ0n) is 19.0. The van der Waals surface area contributed by atoms with Crippen molar-refractivity contribution in [2.24, 2.45) is 17.8 Å². The maximum absolute atomic E-state index is 13.5. The Balaban J connectivity index is 1.62. The van der Waals surface area contributed by atoms with Gasteiger partial charge in [-0.05, 0) is 58.7 Å². The molecule has 2 aliphatic carbocycles. The molecule has 2 unspecified atom stereocenters. The van der Waals surface area contributed by atoms with Crippen LogP contribution < -0.4 is 10.6 Å². The fraction of sp³-hybridized carbons (Fsp3) is 0.909. The SMILES string of the molecule is CNCC(CC1CCCC2(C1)OCCO2)C(=O)N(CC1CC1)C(=O)NCCN(C)C. The zero-order valence-corrected chi connectivity index (χ0v) is 19.0. The predicted molar refractivity (Wildman–Crippen MR) is 115 cm³/mol. The highest BCUT2D eigenvalue weighted by atomic mass is 16.7. The molecule has 1 saturated heterocycles. The Hall–Kier alpha value is -1.22. The van der Waals surface area contributed by atoms with Gasteiger partial charge in [0.1, 0.15) is 0 Å². The van der Waals surface area contributed by atoms with Crippen molar-refractivity contribution in [2.45, 2.75) is 50.7 Å². The number of hydrogen-bond acceptors (Lipinski definition) is 6. The van der Waals surface area contributed by atoms with Gasteiger partial charge in [-0.2, -0.15) is 0 Å². The molecule has 3 rings (SSSR count). The normalized spacial score (nSPS) is 24.2. The Labute approximate surface area is 181 Å². The maximum atomic E-state index is 13.5. The van der Waals surface area contributed by atoms with E-state index < -0.39 is 5.79 Å². The molecule has 0 aromatic rings. The minimum Gasteiger partial charge on any atom is -0.348 e. The van der Waals surface area contributed by atoms with Gasteiger partial charge >= 0.3 is 6.03 Å². The van der Waals surface area contributed by atoms with Gasteiger partial charge in [-0.15, -0.1) is 0 Å². The molecule has 0 aromatic carbocycles. The van der Waals surface area contributed by atoms with E-state index >= 15 is 0 Å². The topological polar surface area (TPSA) is 83.1 Å². The Morgan fingerprint density at radius 2 is 1.87 bits per heavy atom. The zero-order chi connectivity index (χ0) is 21.6. The lowest BCUT2D eigenvalue weighted by Crippen LogP contribution is -2.50. The van der Waals surface area contributed by atoms with Crippen molar-refractivity contribution in [1.82, 2.24) is 20.4 Å². The smallest absolute Gasteiger partial charge is 0.324 e. The monoisotopic (exact) mass is 424 g/mol. The molecule has 0 bridgehead atoms. The summed E-state index contributed by atoms with van der Waals surface area (Å²) in [6, 6.07) is -0.252. The molecular weight excluding hydrogens is 384 g/mol. The minimum atomic E-state index is -0.437. The molecule has 172 valence electrons. The summed E-state index contributed by atoms with van der Waals surface area (Å²) in [4.78, 5) is 29.8. The summed E-state index contributed by atoms with van der Waals surface area (Å²) >= 11 is 0. The summed E-state index contributed by atoms with van der Waals surface area (Å²) in [5, 5.41) is 6.10. The van der Waals surface area contributed by atoms with E-state index in [4.69, 9.17) is 9.47 Å². The number of amides is 3. The first-order valence-electron chi connectivity index (χ1n) is 11.6. The first kappa shape index (κ1) is 23.4. The number of nitrogens with one attached hydrogen (secondary N) is 2.